The lowest BCUT2D eigenvalue weighted by Crippen LogP contribution is -2.32. The Labute approximate surface area is 168 Å². The molecular formula is C20H20ClN5O2. The van der Waals surface area contributed by atoms with Gasteiger partial charge in [-0.2, -0.15) is 0 Å². The largest absolute Gasteiger partial charge is 0.353 e. The summed E-state index contributed by atoms with van der Waals surface area (Å²) in [6, 6.07) is 7.75. The summed E-state index contributed by atoms with van der Waals surface area (Å²) in [7, 11) is 0. The zero-order valence-corrected chi connectivity index (χ0v) is 16.0. The molecule has 0 radical (unpaired) electrons. The zero-order chi connectivity index (χ0) is 19.5. The monoisotopic (exact) mass is 397 g/mol. The average molecular weight is 398 g/mol. The molecule has 2 aliphatic rings. The summed E-state index contributed by atoms with van der Waals surface area (Å²) in [4.78, 5) is 23.9. The Hall–Kier alpha value is -2.93. The molecule has 0 saturated carbocycles. The van der Waals surface area contributed by atoms with E-state index in [1.165, 1.54) is 11.9 Å². The van der Waals surface area contributed by atoms with Gasteiger partial charge >= 0.3 is 5.69 Å². The second-order valence-electron chi connectivity index (χ2n) is 6.76. The van der Waals surface area contributed by atoms with Crippen LogP contribution in [0.25, 0.3) is 5.57 Å². The van der Waals surface area contributed by atoms with Gasteiger partial charge in [-0.3, -0.25) is 10.1 Å². The van der Waals surface area contributed by atoms with E-state index in [1.807, 2.05) is 40.1 Å². The predicted octanol–water partition coefficient (Wildman–Crippen LogP) is 4.10. The predicted molar refractivity (Wildman–Crippen MR) is 111 cm³/mol. The average Bonchev–Trinajstić information content (AvgIpc) is 2.74. The Kier molecular flexibility index (Phi) is 5.25. The summed E-state index contributed by atoms with van der Waals surface area (Å²) in [6.45, 7) is 2.56. The molecule has 0 amide bonds. The molecule has 4 rings (SSSR count). The first-order valence-corrected chi connectivity index (χ1v) is 9.60. The molecule has 1 aromatic carbocycles. The third kappa shape index (κ3) is 3.71. The number of halogens is 1. The summed E-state index contributed by atoms with van der Waals surface area (Å²) in [5.74, 6) is 0.780. The SMILES string of the molecule is O=[N+]([O-])c1c(N2CC=CCC2)ncnc1N1CC=C(c2ccc(Cl)cc2)CC1. The van der Waals surface area contributed by atoms with Crippen molar-refractivity contribution >= 4 is 34.5 Å². The van der Waals surface area contributed by atoms with Crippen molar-refractivity contribution in [2.45, 2.75) is 12.8 Å². The summed E-state index contributed by atoms with van der Waals surface area (Å²) in [5.41, 5.74) is 2.33. The summed E-state index contributed by atoms with van der Waals surface area (Å²) >= 11 is 5.97. The van der Waals surface area contributed by atoms with Crippen LogP contribution in [0.3, 0.4) is 0 Å². The lowest BCUT2D eigenvalue weighted by atomic mass is 9.99. The lowest BCUT2D eigenvalue weighted by Gasteiger charge is -2.29. The van der Waals surface area contributed by atoms with E-state index in [-0.39, 0.29) is 10.6 Å². The first kappa shape index (κ1) is 18.4. The van der Waals surface area contributed by atoms with Crippen molar-refractivity contribution < 1.29 is 4.92 Å². The minimum Gasteiger partial charge on any atom is -0.347 e. The molecule has 7 nitrogen and oxygen atoms in total. The first-order valence-electron chi connectivity index (χ1n) is 9.23. The number of nitro groups is 1. The molecule has 0 atom stereocenters. The van der Waals surface area contributed by atoms with Gasteiger partial charge in [0.1, 0.15) is 6.33 Å². The molecule has 0 fully saturated rings. The summed E-state index contributed by atoms with van der Waals surface area (Å²) < 4.78 is 0. The maximum absolute atomic E-state index is 11.9. The molecule has 2 aromatic rings. The van der Waals surface area contributed by atoms with Gasteiger partial charge in [0.15, 0.2) is 0 Å². The normalized spacial score (nSPS) is 16.8. The van der Waals surface area contributed by atoms with Crippen LogP contribution in [0.1, 0.15) is 18.4 Å². The van der Waals surface area contributed by atoms with E-state index in [4.69, 9.17) is 11.6 Å². The Morgan fingerprint density at radius 3 is 2.29 bits per heavy atom. The van der Waals surface area contributed by atoms with Crippen LogP contribution in [0, 0.1) is 10.1 Å². The van der Waals surface area contributed by atoms with Gasteiger partial charge in [0.05, 0.1) is 4.92 Å². The third-order valence-electron chi connectivity index (χ3n) is 5.05. The number of rotatable bonds is 4. The highest BCUT2D eigenvalue weighted by molar-refractivity contribution is 6.30. The van der Waals surface area contributed by atoms with Crippen molar-refractivity contribution in [3.8, 4) is 0 Å². The van der Waals surface area contributed by atoms with E-state index in [2.05, 4.69) is 22.1 Å². The molecule has 1 aromatic heterocycles. The van der Waals surface area contributed by atoms with Gasteiger partial charge in [-0.05, 0) is 36.1 Å². The molecule has 0 saturated heterocycles. The van der Waals surface area contributed by atoms with Gasteiger partial charge in [0.2, 0.25) is 11.6 Å². The van der Waals surface area contributed by atoms with E-state index in [1.54, 1.807) is 0 Å². The van der Waals surface area contributed by atoms with Crippen molar-refractivity contribution in [2.24, 2.45) is 0 Å². The highest BCUT2D eigenvalue weighted by atomic mass is 35.5. The fourth-order valence-electron chi connectivity index (χ4n) is 3.61. The molecule has 0 N–H and O–H groups in total. The maximum atomic E-state index is 11.9. The van der Waals surface area contributed by atoms with Crippen LogP contribution in [0.4, 0.5) is 17.3 Å². The van der Waals surface area contributed by atoms with Gasteiger partial charge in [0, 0.05) is 31.2 Å². The molecule has 0 spiro atoms. The van der Waals surface area contributed by atoms with Gasteiger partial charge in [0.25, 0.3) is 0 Å². The Bertz CT molecular complexity index is 942. The van der Waals surface area contributed by atoms with Crippen LogP contribution in [0.5, 0.6) is 0 Å². The fourth-order valence-corrected chi connectivity index (χ4v) is 3.73. The Balaban J connectivity index is 1.62. The molecular weight excluding hydrogens is 378 g/mol. The topological polar surface area (TPSA) is 75.4 Å². The molecule has 144 valence electrons. The second kappa shape index (κ2) is 7.98. The zero-order valence-electron chi connectivity index (χ0n) is 15.3. The summed E-state index contributed by atoms with van der Waals surface area (Å²) in [6.07, 6.45) is 9.25. The van der Waals surface area contributed by atoms with Crippen molar-refractivity contribution in [3.63, 3.8) is 0 Å². The van der Waals surface area contributed by atoms with Crippen LogP contribution in [-0.4, -0.2) is 41.1 Å². The van der Waals surface area contributed by atoms with Gasteiger partial charge in [-0.1, -0.05) is 42.0 Å². The number of hydrogen-bond donors (Lipinski definition) is 0. The van der Waals surface area contributed by atoms with Crippen molar-refractivity contribution in [3.05, 3.63) is 69.5 Å². The number of hydrogen-bond acceptors (Lipinski definition) is 6. The van der Waals surface area contributed by atoms with Crippen molar-refractivity contribution in [2.75, 3.05) is 36.0 Å². The van der Waals surface area contributed by atoms with Crippen molar-refractivity contribution in [1.29, 1.82) is 0 Å². The highest BCUT2D eigenvalue weighted by Gasteiger charge is 2.30. The van der Waals surface area contributed by atoms with Crippen LogP contribution < -0.4 is 9.80 Å². The molecule has 0 unspecified atom stereocenters. The van der Waals surface area contributed by atoms with Crippen LogP contribution in [0.2, 0.25) is 5.02 Å². The van der Waals surface area contributed by atoms with Crippen LogP contribution in [0.15, 0.2) is 48.8 Å². The van der Waals surface area contributed by atoms with E-state index in [0.29, 0.717) is 42.8 Å². The molecule has 2 aliphatic heterocycles. The quantitative estimate of drug-likeness (QED) is 0.439. The fraction of sp³-hybridized carbons (Fsp3) is 0.300. The highest BCUT2D eigenvalue weighted by Crippen LogP contribution is 2.36. The van der Waals surface area contributed by atoms with E-state index in [0.717, 1.165) is 18.4 Å². The minimum atomic E-state index is -0.360. The molecule has 0 aliphatic carbocycles. The maximum Gasteiger partial charge on any atom is 0.353 e. The lowest BCUT2D eigenvalue weighted by molar-refractivity contribution is -0.383. The van der Waals surface area contributed by atoms with E-state index < -0.39 is 0 Å². The molecule has 8 heteroatoms. The third-order valence-corrected chi connectivity index (χ3v) is 5.30. The van der Waals surface area contributed by atoms with Crippen LogP contribution in [-0.2, 0) is 0 Å². The van der Waals surface area contributed by atoms with E-state index >= 15 is 0 Å². The smallest absolute Gasteiger partial charge is 0.347 e. The number of anilines is 2. The number of nitrogens with zero attached hydrogens (tertiary/aromatic N) is 5. The molecule has 3 heterocycles. The van der Waals surface area contributed by atoms with Gasteiger partial charge < -0.3 is 9.80 Å². The van der Waals surface area contributed by atoms with Gasteiger partial charge in [-0.15, -0.1) is 0 Å². The summed E-state index contributed by atoms with van der Waals surface area (Å²) in [5, 5.41) is 12.6. The number of benzene rings is 1. The van der Waals surface area contributed by atoms with Crippen molar-refractivity contribution in [1.82, 2.24) is 9.97 Å². The van der Waals surface area contributed by atoms with Gasteiger partial charge in [-0.25, -0.2) is 9.97 Å². The molecule has 28 heavy (non-hydrogen) atoms. The second-order valence-corrected chi connectivity index (χ2v) is 7.20. The molecule has 0 bridgehead atoms. The first-order chi connectivity index (χ1) is 13.6. The Morgan fingerprint density at radius 1 is 1.00 bits per heavy atom. The van der Waals surface area contributed by atoms with E-state index in [9.17, 15) is 10.1 Å². The van der Waals surface area contributed by atoms with Crippen LogP contribution >= 0.6 is 11.6 Å². The standard InChI is InChI=1S/C20H20ClN5O2/c21-17-6-4-15(5-7-17)16-8-12-25(13-9-16)20-18(26(27)28)19(22-14-23-20)24-10-2-1-3-11-24/h1-2,4-8,14H,3,9-13H2. The Morgan fingerprint density at radius 2 is 1.71 bits per heavy atom. The number of aromatic nitrogens is 2. The minimum absolute atomic E-state index is 0.0128.